The van der Waals surface area contributed by atoms with Gasteiger partial charge in [-0.2, -0.15) is 0 Å². The Morgan fingerprint density at radius 2 is 2.06 bits per heavy atom. The summed E-state index contributed by atoms with van der Waals surface area (Å²) in [5.41, 5.74) is 2.42. The highest BCUT2D eigenvalue weighted by Gasteiger charge is 2.12. The average molecular weight is 254 g/mol. The van der Waals surface area contributed by atoms with Gasteiger partial charge in [0.2, 0.25) is 0 Å². The molecule has 16 heavy (non-hydrogen) atoms. The van der Waals surface area contributed by atoms with Gasteiger partial charge < -0.3 is 9.80 Å². The Kier molecular flexibility index (Phi) is 5.09. The molecule has 0 bridgehead atoms. The molecule has 1 rings (SSSR count). The molecule has 88 valence electrons. The van der Waals surface area contributed by atoms with Crippen LogP contribution in [0.3, 0.4) is 0 Å². The summed E-state index contributed by atoms with van der Waals surface area (Å²) < 4.78 is 0. The fraction of sp³-hybridized carbons (Fsp3) is 0.417. The molecule has 0 amide bonds. The van der Waals surface area contributed by atoms with Crippen molar-refractivity contribution in [2.75, 3.05) is 31.1 Å². The summed E-state index contributed by atoms with van der Waals surface area (Å²) in [4.78, 5) is 4.11. The quantitative estimate of drug-likeness (QED) is 0.604. The van der Waals surface area contributed by atoms with E-state index in [1.807, 2.05) is 19.0 Å². The highest BCUT2D eigenvalue weighted by Crippen LogP contribution is 2.19. The lowest BCUT2D eigenvalue weighted by Crippen LogP contribution is -2.38. The van der Waals surface area contributed by atoms with Gasteiger partial charge in [0.05, 0.1) is 5.88 Å². The van der Waals surface area contributed by atoms with Gasteiger partial charge in [-0.15, -0.1) is 11.8 Å². The van der Waals surface area contributed by atoms with Gasteiger partial charge >= 0.3 is 0 Å². The molecule has 0 aliphatic carbocycles. The second kappa shape index (κ2) is 6.11. The normalized spacial score (nSPS) is 10.0. The lowest BCUT2D eigenvalue weighted by Gasteiger charge is -2.28. The summed E-state index contributed by atoms with van der Waals surface area (Å²) >= 11 is 7.20. The molecule has 0 saturated carbocycles. The topological polar surface area (TPSA) is 6.48 Å². The summed E-state index contributed by atoms with van der Waals surface area (Å²) in [6.07, 6.45) is 2.08. The number of benzene rings is 1. The van der Waals surface area contributed by atoms with Crippen LogP contribution in [0.2, 0.25) is 0 Å². The first-order valence-corrected chi connectivity index (χ1v) is 6.91. The van der Waals surface area contributed by atoms with E-state index in [2.05, 4.69) is 42.3 Å². The molecule has 0 saturated heterocycles. The fourth-order valence-corrected chi connectivity index (χ4v) is 2.19. The molecular formula is C12H18N2S2. The van der Waals surface area contributed by atoms with Crippen molar-refractivity contribution in [1.29, 1.82) is 0 Å². The van der Waals surface area contributed by atoms with Crippen molar-refractivity contribution in [1.82, 2.24) is 4.90 Å². The predicted molar refractivity (Wildman–Crippen MR) is 78.3 cm³/mol. The van der Waals surface area contributed by atoms with Gasteiger partial charge in [-0.3, -0.25) is 0 Å². The first-order chi connectivity index (χ1) is 7.56. The van der Waals surface area contributed by atoms with E-state index in [1.165, 1.54) is 5.56 Å². The molecular weight excluding hydrogens is 236 g/mol. The molecule has 0 aromatic heterocycles. The molecule has 0 aliphatic rings. The first kappa shape index (κ1) is 13.3. The van der Waals surface area contributed by atoms with Crippen LogP contribution in [0.1, 0.15) is 5.56 Å². The van der Waals surface area contributed by atoms with Crippen LogP contribution in [0.15, 0.2) is 24.3 Å². The summed E-state index contributed by atoms with van der Waals surface area (Å²) in [5.74, 6) is 0.875. The predicted octanol–water partition coefficient (Wildman–Crippen LogP) is 2.97. The zero-order valence-electron chi connectivity index (χ0n) is 10.2. The Morgan fingerprint density at radius 3 is 2.56 bits per heavy atom. The fourth-order valence-electron chi connectivity index (χ4n) is 1.41. The highest BCUT2D eigenvalue weighted by molar-refractivity contribution is 7.98. The number of hydrogen-bond acceptors (Lipinski definition) is 2. The van der Waals surface area contributed by atoms with Crippen molar-refractivity contribution in [3.05, 3.63) is 29.8 Å². The maximum atomic E-state index is 5.43. The molecule has 0 unspecified atom stereocenters. The molecule has 2 nitrogen and oxygen atoms in total. The largest absolute Gasteiger partial charge is 0.355 e. The van der Waals surface area contributed by atoms with Crippen molar-refractivity contribution >= 4 is 34.8 Å². The van der Waals surface area contributed by atoms with E-state index in [0.29, 0.717) is 0 Å². The molecule has 1 aromatic rings. The average Bonchev–Trinajstić information content (AvgIpc) is 2.24. The highest BCUT2D eigenvalue weighted by atomic mass is 32.2. The van der Waals surface area contributed by atoms with Gasteiger partial charge in [0.1, 0.15) is 0 Å². The summed E-state index contributed by atoms with van der Waals surface area (Å²) in [6, 6.07) is 8.42. The van der Waals surface area contributed by atoms with Gasteiger partial charge in [-0.1, -0.05) is 12.1 Å². The number of rotatable bonds is 3. The smallest absolute Gasteiger partial charge is 0.176 e. The van der Waals surface area contributed by atoms with Gasteiger partial charge in [0.15, 0.2) is 5.11 Å². The zero-order valence-corrected chi connectivity index (χ0v) is 11.9. The Morgan fingerprint density at radius 1 is 1.38 bits per heavy atom. The second-order valence-corrected chi connectivity index (χ2v) is 5.06. The molecule has 0 heterocycles. The van der Waals surface area contributed by atoms with Crippen molar-refractivity contribution in [2.24, 2.45) is 0 Å². The van der Waals surface area contributed by atoms with Gasteiger partial charge in [0.25, 0.3) is 0 Å². The van der Waals surface area contributed by atoms with Crippen molar-refractivity contribution in [3.8, 4) is 0 Å². The number of hydrogen-bond donors (Lipinski definition) is 0. The number of thioether (sulfide) groups is 1. The van der Waals surface area contributed by atoms with Crippen LogP contribution < -0.4 is 4.90 Å². The minimum Gasteiger partial charge on any atom is -0.355 e. The Labute approximate surface area is 108 Å². The third kappa shape index (κ3) is 3.39. The minimum absolute atomic E-state index is 0.847. The molecule has 0 N–H and O–H groups in total. The second-order valence-electron chi connectivity index (χ2n) is 3.86. The SMILES string of the molecule is CSCN(C(=S)N(C)C)c1cccc(C)c1. The molecule has 0 aliphatic heterocycles. The van der Waals surface area contributed by atoms with E-state index in [4.69, 9.17) is 12.2 Å². The van der Waals surface area contributed by atoms with Crippen LogP contribution in [-0.2, 0) is 0 Å². The van der Waals surface area contributed by atoms with Crippen molar-refractivity contribution in [2.45, 2.75) is 6.92 Å². The van der Waals surface area contributed by atoms with Gasteiger partial charge in [-0.25, -0.2) is 0 Å². The van der Waals surface area contributed by atoms with Crippen LogP contribution in [0.4, 0.5) is 5.69 Å². The third-order valence-electron chi connectivity index (χ3n) is 2.19. The maximum absolute atomic E-state index is 5.43. The Balaban J connectivity index is 2.97. The molecule has 1 aromatic carbocycles. The summed E-state index contributed by atoms with van der Waals surface area (Å²) in [5, 5.41) is 0.847. The van der Waals surface area contributed by atoms with Crippen molar-refractivity contribution in [3.63, 3.8) is 0 Å². The number of thiocarbonyl (C=S) groups is 1. The molecule has 4 heteroatoms. The van der Waals surface area contributed by atoms with Crippen molar-refractivity contribution < 1.29 is 0 Å². The van der Waals surface area contributed by atoms with E-state index in [0.717, 1.165) is 16.7 Å². The zero-order chi connectivity index (χ0) is 12.1. The van der Waals surface area contributed by atoms with Crippen LogP contribution in [0.25, 0.3) is 0 Å². The van der Waals surface area contributed by atoms with E-state index in [-0.39, 0.29) is 0 Å². The standard InChI is InChI=1S/C12H18N2S2/c1-10-6-5-7-11(8-10)14(9-16-4)12(15)13(2)3/h5-8H,9H2,1-4H3. The van der Waals surface area contributed by atoms with Crippen LogP contribution >= 0.6 is 24.0 Å². The third-order valence-corrected chi connectivity index (χ3v) is 3.29. The molecule has 0 fully saturated rings. The van der Waals surface area contributed by atoms with E-state index in [9.17, 15) is 0 Å². The Hall–Kier alpha value is -0.740. The van der Waals surface area contributed by atoms with Crippen LogP contribution in [-0.4, -0.2) is 36.2 Å². The van der Waals surface area contributed by atoms with E-state index in [1.54, 1.807) is 11.8 Å². The molecule has 0 atom stereocenters. The molecule has 0 radical (unpaired) electrons. The van der Waals surface area contributed by atoms with Crippen LogP contribution in [0.5, 0.6) is 0 Å². The van der Waals surface area contributed by atoms with Gasteiger partial charge in [-0.05, 0) is 43.1 Å². The van der Waals surface area contributed by atoms with E-state index >= 15 is 0 Å². The minimum atomic E-state index is 0.847. The number of nitrogens with zero attached hydrogens (tertiary/aromatic N) is 2. The van der Waals surface area contributed by atoms with Crippen LogP contribution in [0, 0.1) is 6.92 Å². The van der Waals surface area contributed by atoms with E-state index < -0.39 is 0 Å². The summed E-state index contributed by atoms with van der Waals surface area (Å²) in [7, 11) is 3.96. The number of anilines is 1. The Bertz CT molecular complexity index is 364. The lowest BCUT2D eigenvalue weighted by atomic mass is 10.2. The number of aryl methyl sites for hydroxylation is 1. The lowest BCUT2D eigenvalue weighted by molar-refractivity contribution is 0.622. The molecule has 0 spiro atoms. The first-order valence-electron chi connectivity index (χ1n) is 5.10. The maximum Gasteiger partial charge on any atom is 0.176 e. The monoisotopic (exact) mass is 254 g/mol. The summed E-state index contributed by atoms with van der Waals surface area (Å²) in [6.45, 7) is 2.10. The van der Waals surface area contributed by atoms with Gasteiger partial charge in [0, 0.05) is 19.8 Å².